The number of para-hydroxylation sites is 3. The number of nitrogens with one attached hydrogen (secondary N) is 1. The zero-order chi connectivity index (χ0) is 19.0. The van der Waals surface area contributed by atoms with E-state index in [1.807, 2.05) is 48.7 Å². The van der Waals surface area contributed by atoms with Crippen molar-refractivity contribution in [2.75, 3.05) is 25.5 Å². The summed E-state index contributed by atoms with van der Waals surface area (Å²) < 4.78 is 5.85. The van der Waals surface area contributed by atoms with E-state index in [9.17, 15) is 9.59 Å². The van der Waals surface area contributed by atoms with E-state index in [1.165, 1.54) is 4.90 Å². The molecule has 1 aliphatic rings. The fourth-order valence-electron chi connectivity index (χ4n) is 3.42. The van der Waals surface area contributed by atoms with Gasteiger partial charge in [-0.1, -0.05) is 30.3 Å². The highest BCUT2D eigenvalue weighted by Gasteiger charge is 2.34. The third-order valence-electron chi connectivity index (χ3n) is 4.81. The predicted octanol–water partition coefficient (Wildman–Crippen LogP) is 2.59. The number of rotatable bonds is 3. The van der Waals surface area contributed by atoms with E-state index in [0.717, 1.165) is 16.5 Å². The molecule has 0 bridgehead atoms. The Kier molecular flexibility index (Phi) is 4.32. The lowest BCUT2D eigenvalue weighted by atomic mass is 10.1. The molecule has 6 nitrogen and oxygen atoms in total. The smallest absolute Gasteiger partial charge is 0.265 e. The lowest BCUT2D eigenvalue weighted by molar-refractivity contribution is -0.136. The first kappa shape index (κ1) is 17.1. The molecule has 1 aromatic heterocycles. The number of ether oxygens (including phenoxy) is 1. The molecule has 2 heterocycles. The predicted molar refractivity (Wildman–Crippen MR) is 104 cm³/mol. The number of carbonyl (C=O) groups excluding carboxylic acids is 2. The molecule has 0 aliphatic carbocycles. The van der Waals surface area contributed by atoms with Gasteiger partial charge in [-0.15, -0.1) is 0 Å². The largest absolute Gasteiger partial charge is 0.476 e. The lowest BCUT2D eigenvalue weighted by Gasteiger charge is -2.35. The van der Waals surface area contributed by atoms with Crippen LogP contribution in [-0.4, -0.2) is 48.4 Å². The number of carbonyl (C=O) groups is 2. The third-order valence-corrected chi connectivity index (χ3v) is 4.81. The number of hydrogen-bond donors (Lipinski definition) is 1. The summed E-state index contributed by atoms with van der Waals surface area (Å²) in [6.07, 6.45) is 1.42. The van der Waals surface area contributed by atoms with Gasteiger partial charge in [-0.2, -0.15) is 0 Å². The normalized spacial score (nSPS) is 15.9. The van der Waals surface area contributed by atoms with E-state index < -0.39 is 6.10 Å². The molecule has 138 valence electrons. The Hall–Kier alpha value is -3.28. The molecule has 1 aliphatic heterocycles. The Balaban J connectivity index is 1.64. The van der Waals surface area contributed by atoms with Gasteiger partial charge < -0.3 is 19.5 Å². The maximum Gasteiger partial charge on any atom is 0.265 e. The van der Waals surface area contributed by atoms with Crippen LogP contribution in [0.25, 0.3) is 10.9 Å². The fourth-order valence-corrected chi connectivity index (χ4v) is 3.42. The molecule has 0 fully saturated rings. The summed E-state index contributed by atoms with van der Waals surface area (Å²) in [5, 5.41) is 1.04. The summed E-state index contributed by atoms with van der Waals surface area (Å²) in [4.78, 5) is 31.9. The first-order chi connectivity index (χ1) is 13.0. The monoisotopic (exact) mass is 363 g/mol. The number of nitrogens with zero attached hydrogens (tertiary/aromatic N) is 2. The quantitative estimate of drug-likeness (QED) is 0.778. The van der Waals surface area contributed by atoms with Crippen LogP contribution in [0.4, 0.5) is 5.69 Å². The van der Waals surface area contributed by atoms with Gasteiger partial charge in [0, 0.05) is 31.2 Å². The highest BCUT2D eigenvalue weighted by Crippen LogP contribution is 2.34. The minimum Gasteiger partial charge on any atom is -0.476 e. The molecule has 0 saturated heterocycles. The third kappa shape index (κ3) is 3.14. The zero-order valence-corrected chi connectivity index (χ0v) is 15.3. The van der Waals surface area contributed by atoms with Crippen LogP contribution in [0.5, 0.6) is 5.75 Å². The summed E-state index contributed by atoms with van der Waals surface area (Å²) in [5.74, 6) is 0.331. The van der Waals surface area contributed by atoms with Crippen molar-refractivity contribution in [3.8, 4) is 5.75 Å². The van der Waals surface area contributed by atoms with Gasteiger partial charge >= 0.3 is 0 Å². The number of amides is 2. The molecule has 0 saturated carbocycles. The summed E-state index contributed by atoms with van der Waals surface area (Å²) in [7, 11) is 3.37. The highest BCUT2D eigenvalue weighted by atomic mass is 16.5. The van der Waals surface area contributed by atoms with Crippen LogP contribution in [0.2, 0.25) is 0 Å². The Morgan fingerprint density at radius 2 is 1.89 bits per heavy atom. The van der Waals surface area contributed by atoms with Gasteiger partial charge in [-0.05, 0) is 23.8 Å². The van der Waals surface area contributed by atoms with Gasteiger partial charge in [0.05, 0.1) is 18.7 Å². The molecule has 6 heteroatoms. The van der Waals surface area contributed by atoms with Gasteiger partial charge in [-0.3, -0.25) is 9.59 Å². The van der Waals surface area contributed by atoms with Crippen molar-refractivity contribution in [3.63, 3.8) is 0 Å². The molecule has 0 radical (unpaired) electrons. The van der Waals surface area contributed by atoms with Crippen LogP contribution in [0.3, 0.4) is 0 Å². The highest BCUT2D eigenvalue weighted by molar-refractivity contribution is 6.00. The maximum atomic E-state index is 13.1. The average Bonchev–Trinajstić information content (AvgIpc) is 3.09. The second kappa shape index (κ2) is 6.79. The maximum absolute atomic E-state index is 13.1. The molecule has 1 N–H and O–H groups in total. The molecule has 2 aromatic carbocycles. The van der Waals surface area contributed by atoms with E-state index in [2.05, 4.69) is 4.98 Å². The van der Waals surface area contributed by atoms with Crippen LogP contribution in [0, 0.1) is 0 Å². The van der Waals surface area contributed by atoms with Crippen LogP contribution in [0.1, 0.15) is 5.56 Å². The van der Waals surface area contributed by atoms with Crippen molar-refractivity contribution in [2.45, 2.75) is 12.5 Å². The summed E-state index contributed by atoms with van der Waals surface area (Å²) in [5.41, 5.74) is 2.64. The second-order valence-electron chi connectivity index (χ2n) is 6.85. The topological polar surface area (TPSA) is 65.6 Å². The van der Waals surface area contributed by atoms with Crippen LogP contribution >= 0.6 is 0 Å². The number of likely N-dealkylation sites (N-methyl/N-ethyl adjacent to an activating group) is 1. The van der Waals surface area contributed by atoms with Crippen molar-refractivity contribution < 1.29 is 14.3 Å². The molecule has 1 atom stereocenters. The number of anilines is 1. The van der Waals surface area contributed by atoms with Crippen molar-refractivity contribution in [2.24, 2.45) is 0 Å². The summed E-state index contributed by atoms with van der Waals surface area (Å²) in [6, 6.07) is 15.2. The molecule has 2 amide bonds. The van der Waals surface area contributed by atoms with Gasteiger partial charge in [0.15, 0.2) is 6.10 Å². The molecular formula is C21H21N3O3. The van der Waals surface area contributed by atoms with E-state index in [0.29, 0.717) is 11.4 Å². The lowest BCUT2D eigenvalue weighted by Crippen LogP contribution is -2.50. The average molecular weight is 363 g/mol. The standard InChI is InChI=1S/C21H21N3O3/c1-23(2)21(26)19-13-24(17-9-5-6-10-18(17)27-19)20(25)11-14-12-22-16-8-4-3-7-15(14)16/h3-10,12,19,22H,11,13H2,1-2H3. The van der Waals surface area contributed by atoms with Gasteiger partial charge in [0.2, 0.25) is 5.91 Å². The first-order valence-electron chi connectivity index (χ1n) is 8.87. The molecule has 27 heavy (non-hydrogen) atoms. The Bertz CT molecular complexity index is 1010. The van der Waals surface area contributed by atoms with Gasteiger partial charge in [-0.25, -0.2) is 0 Å². The molecule has 3 aromatic rings. The molecule has 1 unspecified atom stereocenters. The van der Waals surface area contributed by atoms with Crippen LogP contribution in [0.15, 0.2) is 54.7 Å². The number of H-pyrrole nitrogens is 1. The summed E-state index contributed by atoms with van der Waals surface area (Å²) >= 11 is 0. The van der Waals surface area contributed by atoms with Crippen molar-refractivity contribution in [3.05, 3.63) is 60.3 Å². The number of benzene rings is 2. The number of aromatic amines is 1. The number of fused-ring (bicyclic) bond motifs is 2. The Morgan fingerprint density at radius 1 is 1.15 bits per heavy atom. The second-order valence-corrected chi connectivity index (χ2v) is 6.85. The van der Waals surface area contributed by atoms with E-state index >= 15 is 0 Å². The van der Waals surface area contributed by atoms with Gasteiger partial charge in [0.1, 0.15) is 5.75 Å². The molecular weight excluding hydrogens is 342 g/mol. The number of aromatic nitrogens is 1. The number of hydrogen-bond acceptors (Lipinski definition) is 3. The Labute approximate surface area is 157 Å². The van der Waals surface area contributed by atoms with Gasteiger partial charge in [0.25, 0.3) is 5.91 Å². The minimum absolute atomic E-state index is 0.0629. The minimum atomic E-state index is -0.707. The van der Waals surface area contributed by atoms with Crippen LogP contribution in [-0.2, 0) is 16.0 Å². The Morgan fingerprint density at radius 3 is 2.70 bits per heavy atom. The van der Waals surface area contributed by atoms with Crippen molar-refractivity contribution >= 4 is 28.4 Å². The van der Waals surface area contributed by atoms with E-state index in [1.54, 1.807) is 25.1 Å². The van der Waals surface area contributed by atoms with E-state index in [4.69, 9.17) is 4.74 Å². The van der Waals surface area contributed by atoms with Crippen molar-refractivity contribution in [1.29, 1.82) is 0 Å². The fraction of sp³-hybridized carbons (Fsp3) is 0.238. The zero-order valence-electron chi connectivity index (χ0n) is 15.3. The summed E-state index contributed by atoms with van der Waals surface area (Å²) in [6.45, 7) is 0.204. The SMILES string of the molecule is CN(C)C(=O)C1CN(C(=O)Cc2c[nH]c3ccccc23)c2ccccc2O1. The van der Waals surface area contributed by atoms with Crippen LogP contribution < -0.4 is 9.64 Å². The van der Waals surface area contributed by atoms with E-state index in [-0.39, 0.29) is 24.8 Å². The molecule has 4 rings (SSSR count). The first-order valence-corrected chi connectivity index (χ1v) is 8.87. The molecule has 0 spiro atoms. The van der Waals surface area contributed by atoms with Crippen molar-refractivity contribution in [1.82, 2.24) is 9.88 Å².